The Hall–Kier alpha value is -1.95. The summed E-state index contributed by atoms with van der Waals surface area (Å²) in [5.74, 6) is 0.388. The lowest BCUT2D eigenvalue weighted by molar-refractivity contribution is 0.0524. The van der Waals surface area contributed by atoms with Gasteiger partial charge in [0.25, 0.3) is 0 Å². The van der Waals surface area contributed by atoms with Gasteiger partial charge in [-0.05, 0) is 38.5 Å². The molecule has 1 unspecified atom stereocenters. The SMILES string of the molecule is COc1cc(C(N)CNC(=O)OC(C)(C)C)ccc1O. The number of carbonyl (C=O) groups is 1. The standard InChI is InChI=1S/C14H22N2O4/c1-14(2,3)20-13(18)16-8-10(15)9-5-6-11(17)12(7-9)19-4/h5-7,10,17H,8,15H2,1-4H3,(H,16,18). The number of ether oxygens (including phenoxy) is 2. The third kappa shape index (κ3) is 4.97. The number of hydrogen-bond acceptors (Lipinski definition) is 5. The zero-order valence-corrected chi connectivity index (χ0v) is 12.3. The second-order valence-corrected chi connectivity index (χ2v) is 5.42. The number of alkyl carbamates (subject to hydrolysis) is 1. The smallest absolute Gasteiger partial charge is 0.407 e. The summed E-state index contributed by atoms with van der Waals surface area (Å²) in [5.41, 5.74) is 6.17. The quantitative estimate of drug-likeness (QED) is 0.784. The highest BCUT2D eigenvalue weighted by atomic mass is 16.6. The van der Waals surface area contributed by atoms with E-state index in [-0.39, 0.29) is 12.3 Å². The molecule has 0 saturated carbocycles. The summed E-state index contributed by atoms with van der Waals surface area (Å²) in [5, 5.41) is 12.1. The van der Waals surface area contributed by atoms with E-state index in [9.17, 15) is 9.90 Å². The molecule has 0 aromatic heterocycles. The van der Waals surface area contributed by atoms with Gasteiger partial charge in [-0.15, -0.1) is 0 Å². The van der Waals surface area contributed by atoms with E-state index >= 15 is 0 Å². The highest BCUT2D eigenvalue weighted by Gasteiger charge is 2.17. The summed E-state index contributed by atoms with van der Waals surface area (Å²) in [6.45, 7) is 5.59. The first-order chi connectivity index (χ1) is 9.23. The van der Waals surface area contributed by atoms with Gasteiger partial charge in [0.1, 0.15) is 5.60 Å². The molecule has 0 bridgehead atoms. The number of nitrogens with two attached hydrogens (primary N) is 1. The van der Waals surface area contributed by atoms with Crippen LogP contribution in [0.3, 0.4) is 0 Å². The van der Waals surface area contributed by atoms with Crippen molar-refractivity contribution in [3.63, 3.8) is 0 Å². The van der Waals surface area contributed by atoms with Gasteiger partial charge in [-0.1, -0.05) is 6.07 Å². The minimum Gasteiger partial charge on any atom is -0.504 e. The van der Waals surface area contributed by atoms with E-state index in [1.54, 1.807) is 32.9 Å². The molecule has 1 aromatic rings. The largest absolute Gasteiger partial charge is 0.504 e. The van der Waals surface area contributed by atoms with Crippen LogP contribution in [0.1, 0.15) is 32.4 Å². The molecule has 1 rings (SSSR count). The summed E-state index contributed by atoms with van der Waals surface area (Å²) in [6, 6.07) is 4.40. The second-order valence-electron chi connectivity index (χ2n) is 5.42. The number of methoxy groups -OCH3 is 1. The molecule has 0 aliphatic carbocycles. The Labute approximate surface area is 118 Å². The molecule has 6 nitrogen and oxygen atoms in total. The van der Waals surface area contributed by atoms with Crippen molar-refractivity contribution in [1.29, 1.82) is 0 Å². The summed E-state index contributed by atoms with van der Waals surface area (Å²) < 4.78 is 10.1. The van der Waals surface area contributed by atoms with E-state index < -0.39 is 17.7 Å². The van der Waals surface area contributed by atoms with Gasteiger partial charge in [0.05, 0.1) is 7.11 Å². The van der Waals surface area contributed by atoms with Crippen LogP contribution in [0.25, 0.3) is 0 Å². The van der Waals surface area contributed by atoms with E-state index in [2.05, 4.69) is 5.32 Å². The molecule has 0 aliphatic heterocycles. The fourth-order valence-electron chi connectivity index (χ4n) is 1.55. The van der Waals surface area contributed by atoms with Gasteiger partial charge >= 0.3 is 6.09 Å². The molecule has 1 amide bonds. The Morgan fingerprint density at radius 1 is 1.45 bits per heavy atom. The van der Waals surface area contributed by atoms with E-state index in [1.807, 2.05) is 0 Å². The van der Waals surface area contributed by atoms with E-state index in [0.29, 0.717) is 5.75 Å². The van der Waals surface area contributed by atoms with Crippen molar-refractivity contribution < 1.29 is 19.4 Å². The second kappa shape index (κ2) is 6.47. The average Bonchev–Trinajstić information content (AvgIpc) is 2.34. The van der Waals surface area contributed by atoms with Crippen molar-refractivity contribution in [2.24, 2.45) is 5.73 Å². The summed E-state index contributed by atoms with van der Waals surface area (Å²) in [4.78, 5) is 11.5. The molecule has 4 N–H and O–H groups in total. The first-order valence-electron chi connectivity index (χ1n) is 6.32. The molecule has 1 atom stereocenters. The number of carbonyl (C=O) groups excluding carboxylic acids is 1. The first-order valence-corrected chi connectivity index (χ1v) is 6.32. The lowest BCUT2D eigenvalue weighted by Crippen LogP contribution is -2.36. The van der Waals surface area contributed by atoms with Gasteiger partial charge in [-0.25, -0.2) is 4.79 Å². The summed E-state index contributed by atoms with van der Waals surface area (Å²) >= 11 is 0. The monoisotopic (exact) mass is 282 g/mol. The van der Waals surface area contributed by atoms with Gasteiger partial charge in [0, 0.05) is 12.6 Å². The third-order valence-corrected chi connectivity index (χ3v) is 2.50. The number of aromatic hydroxyl groups is 1. The molecule has 6 heteroatoms. The maximum atomic E-state index is 11.5. The Morgan fingerprint density at radius 3 is 2.65 bits per heavy atom. The Bertz CT molecular complexity index is 469. The van der Waals surface area contributed by atoms with E-state index in [1.165, 1.54) is 13.2 Å². The first kappa shape index (κ1) is 16.1. The topological polar surface area (TPSA) is 93.8 Å². The van der Waals surface area contributed by atoms with Crippen LogP contribution in [-0.4, -0.2) is 30.5 Å². The predicted octanol–water partition coefficient (Wildman–Crippen LogP) is 1.93. The highest BCUT2D eigenvalue weighted by molar-refractivity contribution is 5.67. The Morgan fingerprint density at radius 2 is 2.10 bits per heavy atom. The highest BCUT2D eigenvalue weighted by Crippen LogP contribution is 2.28. The minimum absolute atomic E-state index is 0.0450. The molecular formula is C14H22N2O4. The molecule has 1 aromatic carbocycles. The Balaban J connectivity index is 2.59. The molecule has 0 heterocycles. The summed E-state index contributed by atoms with van der Waals surface area (Å²) in [6.07, 6.45) is -0.515. The fourth-order valence-corrected chi connectivity index (χ4v) is 1.55. The van der Waals surface area contributed by atoms with Gasteiger partial charge in [-0.3, -0.25) is 0 Å². The molecule has 0 aliphatic rings. The summed E-state index contributed by atoms with van der Waals surface area (Å²) in [7, 11) is 1.46. The van der Waals surface area contributed by atoms with Crippen LogP contribution < -0.4 is 15.8 Å². The van der Waals surface area contributed by atoms with Gasteiger partial charge in [0.2, 0.25) is 0 Å². The van der Waals surface area contributed by atoms with Crippen LogP contribution in [-0.2, 0) is 4.74 Å². The molecule has 20 heavy (non-hydrogen) atoms. The zero-order chi connectivity index (χ0) is 15.3. The van der Waals surface area contributed by atoms with Gasteiger partial charge < -0.3 is 25.6 Å². The van der Waals surface area contributed by atoms with Crippen LogP contribution in [0.4, 0.5) is 4.79 Å². The maximum absolute atomic E-state index is 11.5. The molecular weight excluding hydrogens is 260 g/mol. The van der Waals surface area contributed by atoms with Crippen LogP contribution in [0.15, 0.2) is 18.2 Å². The average molecular weight is 282 g/mol. The van der Waals surface area contributed by atoms with Crippen LogP contribution >= 0.6 is 0 Å². The Kier molecular flexibility index (Phi) is 5.21. The molecule has 0 radical (unpaired) electrons. The molecule has 0 fully saturated rings. The number of amides is 1. The lowest BCUT2D eigenvalue weighted by atomic mass is 10.1. The number of nitrogens with one attached hydrogen (secondary N) is 1. The van der Waals surface area contributed by atoms with E-state index in [0.717, 1.165) is 5.56 Å². The van der Waals surface area contributed by atoms with Gasteiger partial charge in [0.15, 0.2) is 11.5 Å². The van der Waals surface area contributed by atoms with Crippen molar-refractivity contribution in [3.8, 4) is 11.5 Å². The molecule has 0 saturated heterocycles. The molecule has 0 spiro atoms. The van der Waals surface area contributed by atoms with Crippen molar-refractivity contribution in [1.82, 2.24) is 5.32 Å². The number of phenols is 1. The van der Waals surface area contributed by atoms with Crippen molar-refractivity contribution >= 4 is 6.09 Å². The normalized spacial score (nSPS) is 12.7. The zero-order valence-electron chi connectivity index (χ0n) is 12.3. The number of benzene rings is 1. The van der Waals surface area contributed by atoms with Crippen LogP contribution in [0.5, 0.6) is 11.5 Å². The third-order valence-electron chi connectivity index (χ3n) is 2.50. The molecule has 112 valence electrons. The van der Waals surface area contributed by atoms with Crippen molar-refractivity contribution in [3.05, 3.63) is 23.8 Å². The number of rotatable bonds is 4. The van der Waals surface area contributed by atoms with Gasteiger partial charge in [-0.2, -0.15) is 0 Å². The maximum Gasteiger partial charge on any atom is 0.407 e. The number of phenolic OH excluding ortho intramolecular Hbond substituents is 1. The number of hydrogen-bond donors (Lipinski definition) is 3. The van der Waals surface area contributed by atoms with Crippen molar-refractivity contribution in [2.75, 3.05) is 13.7 Å². The van der Waals surface area contributed by atoms with Crippen LogP contribution in [0, 0.1) is 0 Å². The minimum atomic E-state index is -0.546. The van der Waals surface area contributed by atoms with Crippen LogP contribution in [0.2, 0.25) is 0 Å². The van der Waals surface area contributed by atoms with E-state index in [4.69, 9.17) is 15.2 Å². The predicted molar refractivity (Wildman–Crippen MR) is 75.8 cm³/mol. The van der Waals surface area contributed by atoms with Crippen molar-refractivity contribution in [2.45, 2.75) is 32.4 Å². The lowest BCUT2D eigenvalue weighted by Gasteiger charge is -2.21. The fraction of sp³-hybridized carbons (Fsp3) is 0.500.